The maximum absolute atomic E-state index is 3.58. The Morgan fingerprint density at radius 2 is 2.00 bits per heavy atom. The first-order valence-corrected chi connectivity index (χ1v) is 5.75. The number of hydrogen-bond acceptors (Lipinski definition) is 1. The van der Waals surface area contributed by atoms with Crippen LogP contribution in [0, 0.1) is 0 Å². The first kappa shape index (κ1) is 10.4. The van der Waals surface area contributed by atoms with E-state index in [1.165, 1.54) is 24.8 Å². The van der Waals surface area contributed by atoms with Gasteiger partial charge in [-0.3, -0.25) is 0 Å². The van der Waals surface area contributed by atoms with Crippen molar-refractivity contribution in [1.82, 2.24) is 5.32 Å². The highest BCUT2D eigenvalue weighted by Crippen LogP contribution is 2.30. The summed E-state index contributed by atoms with van der Waals surface area (Å²) in [4.78, 5) is 0. The maximum atomic E-state index is 3.58. The van der Waals surface area contributed by atoms with Crippen molar-refractivity contribution in [3.8, 4) is 0 Å². The summed E-state index contributed by atoms with van der Waals surface area (Å²) in [6.07, 6.45) is 8.41. The fraction of sp³-hybridized carbons (Fsp3) is 0.429. The molecule has 1 aliphatic carbocycles. The second-order valence-electron chi connectivity index (χ2n) is 4.61. The summed E-state index contributed by atoms with van der Waals surface area (Å²) in [5.74, 6) is 0. The largest absolute Gasteiger partial charge is 0.308 e. The summed E-state index contributed by atoms with van der Waals surface area (Å²) in [6.45, 7) is 3.29. The van der Waals surface area contributed by atoms with Crippen molar-refractivity contribution in [2.75, 3.05) is 6.54 Å². The van der Waals surface area contributed by atoms with E-state index >= 15 is 0 Å². The van der Waals surface area contributed by atoms with E-state index in [1.54, 1.807) is 0 Å². The minimum Gasteiger partial charge on any atom is -0.308 e. The van der Waals surface area contributed by atoms with Crippen molar-refractivity contribution in [3.05, 3.63) is 42.0 Å². The van der Waals surface area contributed by atoms with Gasteiger partial charge in [-0.05, 0) is 31.7 Å². The average molecular weight is 201 g/mol. The van der Waals surface area contributed by atoms with Crippen LogP contribution in [0.4, 0.5) is 0 Å². The summed E-state index contributed by atoms with van der Waals surface area (Å²) in [5.41, 5.74) is 1.69. The van der Waals surface area contributed by atoms with E-state index in [1.807, 2.05) is 6.07 Å². The molecule has 0 aromatic heterocycles. The molecule has 15 heavy (non-hydrogen) atoms. The van der Waals surface area contributed by atoms with Crippen LogP contribution >= 0.6 is 0 Å². The molecule has 0 saturated heterocycles. The third-order valence-electron chi connectivity index (χ3n) is 3.21. The van der Waals surface area contributed by atoms with Crippen molar-refractivity contribution < 1.29 is 0 Å². The van der Waals surface area contributed by atoms with Crippen LogP contribution in [0.3, 0.4) is 0 Å². The molecule has 0 spiro atoms. The SMILES string of the molecule is CC1(NC/C=C/c2ccccc2)CCC1. The minimum atomic E-state index is 0.418. The highest BCUT2D eigenvalue weighted by molar-refractivity contribution is 5.48. The third kappa shape index (κ3) is 2.93. The first-order valence-electron chi connectivity index (χ1n) is 5.75. The molecular formula is C14H19N. The molecule has 1 fully saturated rings. The number of rotatable bonds is 4. The quantitative estimate of drug-likeness (QED) is 0.788. The lowest BCUT2D eigenvalue weighted by atomic mass is 9.78. The van der Waals surface area contributed by atoms with Crippen molar-refractivity contribution in [1.29, 1.82) is 0 Å². The predicted octanol–water partition coefficient (Wildman–Crippen LogP) is 3.23. The molecule has 0 radical (unpaired) electrons. The Kier molecular flexibility index (Phi) is 3.22. The van der Waals surface area contributed by atoms with Crippen molar-refractivity contribution in [2.45, 2.75) is 31.7 Å². The van der Waals surface area contributed by atoms with E-state index in [2.05, 4.69) is 48.7 Å². The standard InChI is InChI=1S/C14H19N/c1-14(10-6-11-14)15-12-5-9-13-7-3-2-4-8-13/h2-5,7-9,15H,6,10-12H2,1H3/b9-5+. The van der Waals surface area contributed by atoms with Gasteiger partial charge in [0.1, 0.15) is 0 Å². The van der Waals surface area contributed by atoms with E-state index in [0.717, 1.165) is 6.54 Å². The Morgan fingerprint density at radius 3 is 2.60 bits per heavy atom. The van der Waals surface area contributed by atoms with Crippen LogP contribution in [0.2, 0.25) is 0 Å². The predicted molar refractivity (Wildman–Crippen MR) is 65.7 cm³/mol. The van der Waals surface area contributed by atoms with Crippen molar-refractivity contribution in [2.24, 2.45) is 0 Å². The molecule has 1 N–H and O–H groups in total. The number of nitrogens with one attached hydrogen (secondary N) is 1. The van der Waals surface area contributed by atoms with Gasteiger partial charge in [0.15, 0.2) is 0 Å². The summed E-state index contributed by atoms with van der Waals surface area (Å²) in [5, 5.41) is 3.58. The molecular weight excluding hydrogens is 182 g/mol. The monoisotopic (exact) mass is 201 g/mol. The molecule has 0 atom stereocenters. The van der Waals surface area contributed by atoms with Gasteiger partial charge in [0.25, 0.3) is 0 Å². The molecule has 1 heteroatoms. The van der Waals surface area contributed by atoms with Gasteiger partial charge >= 0.3 is 0 Å². The molecule has 0 aliphatic heterocycles. The lowest BCUT2D eigenvalue weighted by molar-refractivity contribution is 0.217. The molecule has 0 unspecified atom stereocenters. The number of benzene rings is 1. The summed E-state index contributed by atoms with van der Waals surface area (Å²) >= 11 is 0. The van der Waals surface area contributed by atoms with Gasteiger partial charge in [0, 0.05) is 12.1 Å². The second kappa shape index (κ2) is 4.63. The fourth-order valence-corrected chi connectivity index (χ4v) is 1.95. The van der Waals surface area contributed by atoms with Gasteiger partial charge in [0.2, 0.25) is 0 Å². The van der Waals surface area contributed by atoms with E-state index in [0.29, 0.717) is 5.54 Å². The Hall–Kier alpha value is -1.08. The van der Waals surface area contributed by atoms with Gasteiger partial charge in [0.05, 0.1) is 0 Å². The zero-order valence-electron chi connectivity index (χ0n) is 9.37. The Morgan fingerprint density at radius 1 is 1.27 bits per heavy atom. The van der Waals surface area contributed by atoms with Gasteiger partial charge in [-0.15, -0.1) is 0 Å². The van der Waals surface area contributed by atoms with E-state index in [4.69, 9.17) is 0 Å². The molecule has 80 valence electrons. The Bertz CT molecular complexity index is 322. The molecule has 1 aromatic carbocycles. The molecule has 0 bridgehead atoms. The van der Waals surface area contributed by atoms with Gasteiger partial charge in [-0.25, -0.2) is 0 Å². The molecule has 0 heterocycles. The van der Waals surface area contributed by atoms with Gasteiger partial charge in [-0.2, -0.15) is 0 Å². The van der Waals surface area contributed by atoms with Crippen LogP contribution < -0.4 is 5.32 Å². The van der Waals surface area contributed by atoms with Crippen LogP contribution in [-0.2, 0) is 0 Å². The van der Waals surface area contributed by atoms with Crippen molar-refractivity contribution >= 4 is 6.08 Å². The zero-order valence-corrected chi connectivity index (χ0v) is 9.37. The Labute approximate surface area is 92.2 Å². The highest BCUT2D eigenvalue weighted by atomic mass is 15.0. The van der Waals surface area contributed by atoms with Crippen LogP contribution in [0.5, 0.6) is 0 Å². The molecule has 0 amide bonds. The minimum absolute atomic E-state index is 0.418. The highest BCUT2D eigenvalue weighted by Gasteiger charge is 2.30. The van der Waals surface area contributed by atoms with Crippen LogP contribution in [0.1, 0.15) is 31.7 Å². The maximum Gasteiger partial charge on any atom is 0.0156 e. The van der Waals surface area contributed by atoms with E-state index < -0.39 is 0 Å². The molecule has 1 saturated carbocycles. The molecule has 1 aliphatic rings. The van der Waals surface area contributed by atoms with Crippen LogP contribution in [0.25, 0.3) is 6.08 Å². The fourth-order valence-electron chi connectivity index (χ4n) is 1.95. The topological polar surface area (TPSA) is 12.0 Å². The smallest absolute Gasteiger partial charge is 0.0156 e. The first-order chi connectivity index (χ1) is 7.29. The lowest BCUT2D eigenvalue weighted by Crippen LogP contribution is -2.48. The van der Waals surface area contributed by atoms with Gasteiger partial charge in [-0.1, -0.05) is 42.5 Å². The van der Waals surface area contributed by atoms with E-state index in [-0.39, 0.29) is 0 Å². The zero-order chi connectivity index (χ0) is 10.6. The molecule has 2 rings (SSSR count). The van der Waals surface area contributed by atoms with Crippen LogP contribution in [-0.4, -0.2) is 12.1 Å². The summed E-state index contributed by atoms with van der Waals surface area (Å²) in [6, 6.07) is 10.4. The third-order valence-corrected chi connectivity index (χ3v) is 3.21. The lowest BCUT2D eigenvalue weighted by Gasteiger charge is -2.39. The number of hydrogen-bond donors (Lipinski definition) is 1. The van der Waals surface area contributed by atoms with Crippen LogP contribution in [0.15, 0.2) is 36.4 Å². The molecule has 1 nitrogen and oxygen atoms in total. The molecule has 1 aromatic rings. The van der Waals surface area contributed by atoms with Gasteiger partial charge < -0.3 is 5.32 Å². The second-order valence-corrected chi connectivity index (χ2v) is 4.61. The summed E-state index contributed by atoms with van der Waals surface area (Å²) in [7, 11) is 0. The summed E-state index contributed by atoms with van der Waals surface area (Å²) < 4.78 is 0. The normalized spacial score (nSPS) is 19.0. The average Bonchev–Trinajstić information content (AvgIpc) is 2.23. The van der Waals surface area contributed by atoms with E-state index in [9.17, 15) is 0 Å². The van der Waals surface area contributed by atoms with Crippen molar-refractivity contribution in [3.63, 3.8) is 0 Å². The Balaban J connectivity index is 1.76.